The number of anilines is 1. The van der Waals surface area contributed by atoms with E-state index in [1.54, 1.807) is 14.0 Å². The van der Waals surface area contributed by atoms with Crippen LogP contribution in [0.25, 0.3) is 22.2 Å². The van der Waals surface area contributed by atoms with E-state index in [4.69, 9.17) is 14.5 Å². The van der Waals surface area contributed by atoms with Crippen molar-refractivity contribution >= 4 is 39.2 Å². The van der Waals surface area contributed by atoms with E-state index in [1.807, 2.05) is 53.9 Å². The lowest BCUT2D eigenvalue weighted by Gasteiger charge is -2.29. The Morgan fingerprint density at radius 1 is 1.16 bits per heavy atom. The van der Waals surface area contributed by atoms with E-state index in [-0.39, 0.29) is 0 Å². The number of rotatable bonds is 8. The molecule has 38 heavy (non-hydrogen) atoms. The van der Waals surface area contributed by atoms with Crippen LogP contribution >= 0.6 is 11.3 Å². The molecule has 4 aromatic rings. The molecular weight excluding hydrogens is 500 g/mol. The Morgan fingerprint density at radius 3 is 2.82 bits per heavy atom. The smallest absolute Gasteiger partial charge is 0.339 e. The summed E-state index contributed by atoms with van der Waals surface area (Å²) in [7, 11) is 1.61. The molecule has 196 valence electrons. The van der Waals surface area contributed by atoms with Crippen molar-refractivity contribution < 1.29 is 19.1 Å². The van der Waals surface area contributed by atoms with Crippen LogP contribution in [0.3, 0.4) is 0 Å². The van der Waals surface area contributed by atoms with Gasteiger partial charge in [0.05, 0.1) is 23.9 Å². The highest BCUT2D eigenvalue weighted by Gasteiger charge is 2.28. The second-order valence-electron chi connectivity index (χ2n) is 9.26. The molecule has 1 amide bonds. The number of ether oxygens (including phenoxy) is 2. The summed E-state index contributed by atoms with van der Waals surface area (Å²) < 4.78 is 11.0. The van der Waals surface area contributed by atoms with Crippen LogP contribution in [-0.4, -0.2) is 53.0 Å². The van der Waals surface area contributed by atoms with Gasteiger partial charge in [0.1, 0.15) is 5.75 Å². The van der Waals surface area contributed by atoms with Gasteiger partial charge in [-0.15, -0.1) is 11.3 Å². The Bertz CT molecular complexity index is 1480. The molecule has 1 atom stereocenters. The van der Waals surface area contributed by atoms with Crippen LogP contribution in [0, 0.1) is 0 Å². The maximum atomic E-state index is 13.5. The van der Waals surface area contributed by atoms with E-state index >= 15 is 0 Å². The molecule has 0 saturated carbocycles. The molecule has 1 unspecified atom stereocenters. The zero-order valence-electron chi connectivity index (χ0n) is 21.7. The first-order valence-electron chi connectivity index (χ1n) is 12.7. The number of methoxy groups -OCH3 is 1. The molecule has 3 heterocycles. The van der Waals surface area contributed by atoms with Gasteiger partial charge in [-0.05, 0) is 38.1 Å². The lowest BCUT2D eigenvalue weighted by atomic mass is 9.95. The zero-order chi connectivity index (χ0) is 26.6. The number of hydrogen-bond acceptors (Lipinski definition) is 8. The number of nitrogens with one attached hydrogen (secondary N) is 1. The fourth-order valence-electron chi connectivity index (χ4n) is 4.71. The Morgan fingerprint density at radius 2 is 2.00 bits per heavy atom. The summed E-state index contributed by atoms with van der Waals surface area (Å²) in [5, 5.41) is 5.81. The van der Waals surface area contributed by atoms with Crippen molar-refractivity contribution in [2.75, 3.05) is 25.5 Å². The average Bonchev–Trinajstić information content (AvgIpc) is 3.40. The van der Waals surface area contributed by atoms with Crippen molar-refractivity contribution in [3.63, 3.8) is 0 Å². The molecule has 1 aliphatic rings. The second-order valence-corrected chi connectivity index (χ2v) is 10.1. The quantitative estimate of drug-likeness (QED) is 0.308. The van der Waals surface area contributed by atoms with Crippen LogP contribution in [0.15, 0.2) is 53.9 Å². The highest BCUT2D eigenvalue weighted by molar-refractivity contribution is 7.14. The topological polar surface area (TPSA) is 93.7 Å². The van der Waals surface area contributed by atoms with Gasteiger partial charge < -0.3 is 9.47 Å². The van der Waals surface area contributed by atoms with Crippen molar-refractivity contribution in [3.8, 4) is 17.0 Å². The summed E-state index contributed by atoms with van der Waals surface area (Å²) in [5.41, 5.74) is 4.68. The molecule has 5 rings (SSSR count). The third kappa shape index (κ3) is 5.39. The van der Waals surface area contributed by atoms with Crippen molar-refractivity contribution in [1.82, 2.24) is 14.9 Å². The van der Waals surface area contributed by atoms with Crippen LogP contribution in [0.4, 0.5) is 5.13 Å². The number of carbonyl (C=O) groups excluding carboxylic acids is 2. The molecule has 9 heteroatoms. The molecule has 0 bridgehead atoms. The number of thiazole rings is 1. The van der Waals surface area contributed by atoms with Crippen LogP contribution in [-0.2, 0) is 22.5 Å². The molecule has 0 radical (unpaired) electrons. The highest BCUT2D eigenvalue weighted by atomic mass is 32.1. The van der Waals surface area contributed by atoms with Gasteiger partial charge in [-0.1, -0.05) is 37.3 Å². The standard InChI is InChI=1S/C29H30N4O4S/c1-4-13-33-14-12-24-22(16-33)26(21-10-5-6-11-23(21)30-24)28(35)37-18(2)27(34)32-29-31-25(17-38-29)19-8-7-9-20(15-19)36-3/h5-11,15,17-18H,4,12-14,16H2,1-3H3,(H,31,32,34). The SMILES string of the molecule is CCCN1CCc2nc3ccccc3c(C(=O)OC(C)C(=O)Nc3nc(-c4cccc(OC)c4)cs3)c2C1. The van der Waals surface area contributed by atoms with Gasteiger partial charge >= 0.3 is 5.97 Å². The molecule has 0 spiro atoms. The lowest BCUT2D eigenvalue weighted by molar-refractivity contribution is -0.123. The number of amides is 1. The summed E-state index contributed by atoms with van der Waals surface area (Å²) in [6.45, 7) is 6.21. The molecule has 2 aromatic carbocycles. The summed E-state index contributed by atoms with van der Waals surface area (Å²) in [6.07, 6.45) is 0.796. The van der Waals surface area contributed by atoms with E-state index < -0.39 is 18.0 Å². The average molecular weight is 531 g/mol. The predicted octanol–water partition coefficient (Wildman–Crippen LogP) is 5.32. The molecule has 0 saturated heterocycles. The zero-order valence-corrected chi connectivity index (χ0v) is 22.5. The number of aromatic nitrogens is 2. The van der Waals surface area contributed by atoms with E-state index in [2.05, 4.69) is 22.1 Å². The number of pyridine rings is 1. The number of hydrogen-bond donors (Lipinski definition) is 1. The van der Waals surface area contributed by atoms with E-state index in [0.29, 0.717) is 17.2 Å². The minimum absolute atomic E-state index is 0.428. The summed E-state index contributed by atoms with van der Waals surface area (Å²) >= 11 is 1.31. The minimum atomic E-state index is -1.01. The number of para-hydroxylation sites is 1. The van der Waals surface area contributed by atoms with Crippen LogP contribution in [0.2, 0.25) is 0 Å². The van der Waals surface area contributed by atoms with Gasteiger partial charge in [0.25, 0.3) is 5.91 Å². The Kier molecular flexibility index (Phi) is 7.67. The second kappa shape index (κ2) is 11.3. The number of esters is 1. The third-order valence-corrected chi connectivity index (χ3v) is 7.38. The third-order valence-electron chi connectivity index (χ3n) is 6.62. The Hall–Kier alpha value is -3.82. The molecular formula is C29H30N4O4S. The van der Waals surface area contributed by atoms with Gasteiger partial charge in [0.2, 0.25) is 0 Å². The number of nitrogens with zero attached hydrogens (tertiary/aromatic N) is 3. The molecule has 2 aromatic heterocycles. The van der Waals surface area contributed by atoms with Gasteiger partial charge in [0.15, 0.2) is 11.2 Å². The van der Waals surface area contributed by atoms with Gasteiger partial charge in [-0.3, -0.25) is 20.0 Å². The monoisotopic (exact) mass is 530 g/mol. The lowest BCUT2D eigenvalue weighted by Crippen LogP contribution is -2.34. The number of fused-ring (bicyclic) bond motifs is 2. The maximum absolute atomic E-state index is 13.5. The maximum Gasteiger partial charge on any atom is 0.339 e. The number of carbonyl (C=O) groups is 2. The normalized spacial score (nSPS) is 14.1. The van der Waals surface area contributed by atoms with Crippen molar-refractivity contribution in [2.45, 2.75) is 39.3 Å². The molecule has 1 aliphatic heterocycles. The van der Waals surface area contributed by atoms with Gasteiger partial charge in [0, 0.05) is 47.1 Å². The first-order chi connectivity index (χ1) is 18.5. The summed E-state index contributed by atoms with van der Waals surface area (Å²) in [4.78, 5) is 38.2. The van der Waals surface area contributed by atoms with Crippen LogP contribution < -0.4 is 10.1 Å². The number of benzene rings is 2. The first kappa shape index (κ1) is 25.8. The molecule has 1 N–H and O–H groups in total. The van der Waals surface area contributed by atoms with Crippen molar-refractivity contribution in [1.29, 1.82) is 0 Å². The van der Waals surface area contributed by atoms with E-state index in [9.17, 15) is 9.59 Å². The van der Waals surface area contributed by atoms with E-state index in [0.717, 1.165) is 65.1 Å². The largest absolute Gasteiger partial charge is 0.497 e. The Labute approximate surface area is 225 Å². The fourth-order valence-corrected chi connectivity index (χ4v) is 5.44. The fraction of sp³-hybridized carbons (Fsp3) is 0.310. The molecule has 0 fully saturated rings. The molecule has 8 nitrogen and oxygen atoms in total. The van der Waals surface area contributed by atoms with Crippen LogP contribution in [0.5, 0.6) is 5.75 Å². The predicted molar refractivity (Wildman–Crippen MR) is 149 cm³/mol. The molecule has 0 aliphatic carbocycles. The van der Waals surface area contributed by atoms with Crippen LogP contribution in [0.1, 0.15) is 41.9 Å². The summed E-state index contributed by atoms with van der Waals surface area (Å²) in [6, 6.07) is 15.1. The summed E-state index contributed by atoms with van der Waals surface area (Å²) in [5.74, 6) is -0.230. The first-order valence-corrected chi connectivity index (χ1v) is 13.6. The van der Waals surface area contributed by atoms with Crippen molar-refractivity contribution in [2.24, 2.45) is 0 Å². The van der Waals surface area contributed by atoms with Gasteiger partial charge in [-0.25, -0.2) is 9.78 Å². The highest BCUT2D eigenvalue weighted by Crippen LogP contribution is 2.30. The Balaban J connectivity index is 1.34. The van der Waals surface area contributed by atoms with Gasteiger partial charge in [-0.2, -0.15) is 0 Å². The van der Waals surface area contributed by atoms with Crippen molar-refractivity contribution in [3.05, 3.63) is 70.7 Å². The minimum Gasteiger partial charge on any atom is -0.497 e. The van der Waals surface area contributed by atoms with E-state index in [1.165, 1.54) is 11.3 Å².